The minimum Gasteiger partial charge on any atom is -0.467 e. The highest BCUT2D eigenvalue weighted by Gasteiger charge is 2.38. The fourth-order valence-electron chi connectivity index (χ4n) is 3.71. The lowest BCUT2D eigenvalue weighted by Gasteiger charge is -2.34. The lowest BCUT2D eigenvalue weighted by Crippen LogP contribution is -2.60. The number of nitrogens with one attached hydrogen (secondary N) is 2. The highest BCUT2D eigenvalue weighted by molar-refractivity contribution is 5.92. The molecule has 1 rings (SSSR count). The van der Waals surface area contributed by atoms with Crippen molar-refractivity contribution in [2.45, 2.75) is 71.9 Å². The molecule has 33 heavy (non-hydrogen) atoms. The van der Waals surface area contributed by atoms with Crippen LogP contribution in [0.4, 0.5) is 0 Å². The summed E-state index contributed by atoms with van der Waals surface area (Å²) in [6.07, 6.45) is -0.0131. The number of likely N-dealkylation sites (N-methyl/N-ethyl adjacent to an activating group) is 2. The second-order valence-corrected chi connectivity index (χ2v) is 9.12. The first-order valence-electron chi connectivity index (χ1n) is 11.5. The number of ether oxygens (including phenoxy) is 2. The fraction of sp³-hybridized carbons (Fsp3) is 0.640. The molecule has 0 aliphatic carbocycles. The highest BCUT2D eigenvalue weighted by atomic mass is 16.5. The zero-order valence-corrected chi connectivity index (χ0v) is 21.3. The van der Waals surface area contributed by atoms with Crippen LogP contribution < -0.4 is 10.6 Å². The maximum Gasteiger partial charge on any atom is 0.328 e. The van der Waals surface area contributed by atoms with E-state index in [0.29, 0.717) is 12.3 Å². The molecule has 0 fully saturated rings. The van der Waals surface area contributed by atoms with Crippen molar-refractivity contribution in [3.05, 3.63) is 35.9 Å². The molecule has 0 radical (unpaired) electrons. The van der Waals surface area contributed by atoms with Crippen LogP contribution in [-0.2, 0) is 30.5 Å². The molecular formula is C25H41N3O5. The van der Waals surface area contributed by atoms with Gasteiger partial charge in [-0.05, 0) is 37.8 Å². The molecule has 0 unspecified atom stereocenters. The van der Waals surface area contributed by atoms with Gasteiger partial charge in [-0.1, -0.05) is 58.0 Å². The molecule has 2 amide bonds. The third kappa shape index (κ3) is 8.78. The number of benzene rings is 1. The summed E-state index contributed by atoms with van der Waals surface area (Å²) >= 11 is 0. The van der Waals surface area contributed by atoms with Gasteiger partial charge in [0.1, 0.15) is 12.1 Å². The Hall–Kier alpha value is -2.45. The lowest BCUT2D eigenvalue weighted by molar-refractivity contribution is -0.156. The van der Waals surface area contributed by atoms with Crippen molar-refractivity contribution in [2.75, 3.05) is 21.2 Å². The number of rotatable bonds is 13. The molecule has 4 atom stereocenters. The fourth-order valence-corrected chi connectivity index (χ4v) is 3.71. The molecule has 186 valence electrons. The van der Waals surface area contributed by atoms with E-state index < -0.39 is 36.1 Å². The van der Waals surface area contributed by atoms with Gasteiger partial charge in [-0.3, -0.25) is 9.59 Å². The second-order valence-electron chi connectivity index (χ2n) is 9.12. The van der Waals surface area contributed by atoms with E-state index >= 15 is 0 Å². The average molecular weight is 464 g/mol. The van der Waals surface area contributed by atoms with E-state index in [1.54, 1.807) is 21.0 Å². The number of nitrogens with zero attached hydrogens (tertiary/aromatic N) is 1. The third-order valence-corrected chi connectivity index (χ3v) is 5.60. The standard InChI is InChI=1S/C25H41N3O5/c1-16(2)14-20(26-6)23(29)27-21(18(5)33-15-19-12-10-9-11-13-19)24(30)28(7)22(17(3)4)25(31)32-8/h9-13,16-18,20-22,26H,14-15H2,1-8H3,(H,27,29)/t18-,20+,21+,22+/m1/s1. The summed E-state index contributed by atoms with van der Waals surface area (Å²) in [5.41, 5.74) is 0.956. The van der Waals surface area contributed by atoms with Crippen LogP contribution in [0.5, 0.6) is 0 Å². The Morgan fingerprint density at radius 3 is 2.12 bits per heavy atom. The number of hydrogen-bond acceptors (Lipinski definition) is 6. The van der Waals surface area contributed by atoms with Gasteiger partial charge in [-0.25, -0.2) is 4.79 Å². The van der Waals surface area contributed by atoms with E-state index in [-0.39, 0.29) is 18.4 Å². The quantitative estimate of drug-likeness (QED) is 0.436. The molecule has 0 aromatic heterocycles. The average Bonchev–Trinajstić information content (AvgIpc) is 2.78. The molecule has 0 aliphatic rings. The van der Waals surface area contributed by atoms with Crippen molar-refractivity contribution < 1.29 is 23.9 Å². The molecule has 0 bridgehead atoms. The Bertz CT molecular complexity index is 754. The van der Waals surface area contributed by atoms with Gasteiger partial charge in [-0.2, -0.15) is 0 Å². The van der Waals surface area contributed by atoms with E-state index in [4.69, 9.17) is 9.47 Å². The molecule has 0 heterocycles. The number of carbonyl (C=O) groups is 3. The second kappa shape index (κ2) is 14.0. The van der Waals surface area contributed by atoms with Gasteiger partial charge in [0.15, 0.2) is 0 Å². The van der Waals surface area contributed by atoms with Crippen molar-refractivity contribution in [2.24, 2.45) is 11.8 Å². The molecule has 0 saturated carbocycles. The van der Waals surface area contributed by atoms with Gasteiger partial charge in [0, 0.05) is 7.05 Å². The maximum atomic E-state index is 13.5. The Kier molecular flexibility index (Phi) is 12.1. The highest BCUT2D eigenvalue weighted by Crippen LogP contribution is 2.16. The van der Waals surface area contributed by atoms with Crippen molar-refractivity contribution >= 4 is 17.8 Å². The van der Waals surface area contributed by atoms with Crippen molar-refractivity contribution in [3.63, 3.8) is 0 Å². The normalized spacial score (nSPS) is 15.0. The van der Waals surface area contributed by atoms with Gasteiger partial charge in [0.05, 0.1) is 25.9 Å². The van der Waals surface area contributed by atoms with Crippen LogP contribution in [-0.4, -0.2) is 68.1 Å². The van der Waals surface area contributed by atoms with Gasteiger partial charge in [0.2, 0.25) is 11.8 Å². The van der Waals surface area contributed by atoms with Gasteiger partial charge in [-0.15, -0.1) is 0 Å². The van der Waals surface area contributed by atoms with Crippen LogP contribution in [0.1, 0.15) is 46.6 Å². The van der Waals surface area contributed by atoms with Crippen LogP contribution in [0.2, 0.25) is 0 Å². The van der Waals surface area contributed by atoms with E-state index in [9.17, 15) is 14.4 Å². The summed E-state index contributed by atoms with van der Waals surface area (Å²) in [7, 11) is 4.57. The van der Waals surface area contributed by atoms with Gasteiger partial charge >= 0.3 is 5.97 Å². The van der Waals surface area contributed by atoms with Crippen molar-refractivity contribution in [1.29, 1.82) is 0 Å². The Labute approximate surface area is 198 Å². The number of methoxy groups -OCH3 is 1. The predicted octanol–water partition coefficient (Wildman–Crippen LogP) is 2.37. The van der Waals surface area contributed by atoms with Crippen LogP contribution >= 0.6 is 0 Å². The molecule has 8 nitrogen and oxygen atoms in total. The molecule has 8 heteroatoms. The van der Waals surface area contributed by atoms with Crippen molar-refractivity contribution in [3.8, 4) is 0 Å². The van der Waals surface area contributed by atoms with E-state index in [2.05, 4.69) is 10.6 Å². The van der Waals surface area contributed by atoms with Crippen LogP contribution in [0.15, 0.2) is 30.3 Å². The third-order valence-electron chi connectivity index (χ3n) is 5.60. The van der Waals surface area contributed by atoms with E-state index in [0.717, 1.165) is 5.56 Å². The molecule has 2 N–H and O–H groups in total. The summed E-state index contributed by atoms with van der Waals surface area (Å²) in [5.74, 6) is -1.08. The monoisotopic (exact) mass is 463 g/mol. The smallest absolute Gasteiger partial charge is 0.328 e. The summed E-state index contributed by atoms with van der Waals surface area (Å²) in [4.78, 5) is 40.3. The summed E-state index contributed by atoms with van der Waals surface area (Å²) in [6.45, 7) is 9.78. The Morgan fingerprint density at radius 1 is 1.03 bits per heavy atom. The van der Waals surface area contributed by atoms with Crippen LogP contribution in [0.3, 0.4) is 0 Å². The molecule has 0 saturated heterocycles. The number of hydrogen-bond donors (Lipinski definition) is 2. The number of esters is 1. The summed E-state index contributed by atoms with van der Waals surface area (Å²) in [5, 5.41) is 5.89. The summed E-state index contributed by atoms with van der Waals surface area (Å²) < 4.78 is 10.9. The lowest BCUT2D eigenvalue weighted by atomic mass is 10.00. The molecule has 0 aliphatic heterocycles. The zero-order valence-electron chi connectivity index (χ0n) is 21.3. The van der Waals surface area contributed by atoms with E-state index in [1.807, 2.05) is 58.0 Å². The minimum atomic E-state index is -0.972. The SMILES string of the molecule is CN[C@@H](CC(C)C)C(=O)N[C@H](C(=O)N(C)[C@H](C(=O)OC)C(C)C)[C@@H](C)OCc1ccccc1. The van der Waals surface area contributed by atoms with Gasteiger partial charge < -0.3 is 25.0 Å². The first-order valence-corrected chi connectivity index (χ1v) is 11.5. The molecule has 1 aromatic rings. The Morgan fingerprint density at radius 2 is 1.64 bits per heavy atom. The first kappa shape index (κ1) is 28.6. The van der Waals surface area contributed by atoms with Crippen LogP contribution in [0.25, 0.3) is 0 Å². The first-order chi connectivity index (χ1) is 15.5. The van der Waals surface area contributed by atoms with Crippen LogP contribution in [0, 0.1) is 11.8 Å². The minimum absolute atomic E-state index is 0.172. The number of amides is 2. The zero-order chi connectivity index (χ0) is 25.1. The molecule has 1 aromatic carbocycles. The predicted molar refractivity (Wildman–Crippen MR) is 128 cm³/mol. The summed E-state index contributed by atoms with van der Waals surface area (Å²) in [6, 6.07) is 7.40. The van der Waals surface area contributed by atoms with Crippen molar-refractivity contribution in [1.82, 2.24) is 15.5 Å². The maximum absolute atomic E-state index is 13.5. The van der Waals surface area contributed by atoms with Gasteiger partial charge in [0.25, 0.3) is 0 Å². The van der Waals surface area contributed by atoms with E-state index in [1.165, 1.54) is 12.0 Å². The largest absolute Gasteiger partial charge is 0.467 e. The number of carbonyl (C=O) groups excluding carboxylic acids is 3. The topological polar surface area (TPSA) is 97.0 Å². The molecular weight excluding hydrogens is 422 g/mol. The molecule has 0 spiro atoms. The Balaban J connectivity index is 3.14.